The molecule has 0 saturated carbocycles. The molecule has 0 unspecified atom stereocenters. The lowest BCUT2D eigenvalue weighted by Gasteiger charge is -2.04. The van der Waals surface area contributed by atoms with Gasteiger partial charge in [0.15, 0.2) is 15.6 Å². The Morgan fingerprint density at radius 2 is 1.88 bits per heavy atom. The highest BCUT2D eigenvalue weighted by molar-refractivity contribution is 7.90. The lowest BCUT2D eigenvalue weighted by molar-refractivity contribution is -0.116. The molecule has 1 aromatic carbocycles. The van der Waals surface area contributed by atoms with E-state index in [1.165, 1.54) is 25.1 Å². The number of sulfone groups is 1. The zero-order valence-corrected chi connectivity index (χ0v) is 10.9. The number of Topliss-reactive ketones (excluding diaryl/α,β-unsaturated/α-hetero) is 2. The Morgan fingerprint density at radius 3 is 2.29 bits per heavy atom. The van der Waals surface area contributed by atoms with Crippen molar-refractivity contribution in [2.45, 2.75) is 18.2 Å². The van der Waals surface area contributed by atoms with Crippen molar-refractivity contribution in [3.05, 3.63) is 28.8 Å². The van der Waals surface area contributed by atoms with Gasteiger partial charge in [-0.3, -0.25) is 9.59 Å². The molecule has 0 N–H and O–H groups in total. The minimum atomic E-state index is -3.35. The number of rotatable bonds is 4. The second-order valence-corrected chi connectivity index (χ2v) is 6.14. The van der Waals surface area contributed by atoms with Crippen LogP contribution in [0.1, 0.15) is 23.7 Å². The number of carbonyl (C=O) groups is 2. The first-order valence-electron chi connectivity index (χ1n) is 4.74. The van der Waals surface area contributed by atoms with E-state index in [2.05, 4.69) is 0 Å². The summed E-state index contributed by atoms with van der Waals surface area (Å²) >= 11 is 5.82. The first-order chi connectivity index (χ1) is 7.71. The lowest BCUT2D eigenvalue weighted by Crippen LogP contribution is -2.06. The van der Waals surface area contributed by atoms with Gasteiger partial charge in [0, 0.05) is 11.8 Å². The second kappa shape index (κ2) is 4.98. The molecule has 0 bridgehead atoms. The van der Waals surface area contributed by atoms with Crippen LogP contribution < -0.4 is 0 Å². The first kappa shape index (κ1) is 13.9. The van der Waals surface area contributed by atoms with Crippen LogP contribution in [0.25, 0.3) is 0 Å². The number of hydrogen-bond acceptors (Lipinski definition) is 4. The van der Waals surface area contributed by atoms with Crippen molar-refractivity contribution in [1.29, 1.82) is 0 Å². The second-order valence-electron chi connectivity index (χ2n) is 3.72. The van der Waals surface area contributed by atoms with E-state index in [-0.39, 0.29) is 27.7 Å². The van der Waals surface area contributed by atoms with E-state index in [0.29, 0.717) is 0 Å². The third kappa shape index (κ3) is 3.64. The molecule has 0 aliphatic heterocycles. The molecule has 0 atom stereocenters. The summed E-state index contributed by atoms with van der Waals surface area (Å²) in [7, 11) is -3.35. The highest BCUT2D eigenvalue weighted by atomic mass is 35.5. The van der Waals surface area contributed by atoms with Crippen molar-refractivity contribution < 1.29 is 18.0 Å². The van der Waals surface area contributed by atoms with E-state index in [0.717, 1.165) is 6.26 Å². The van der Waals surface area contributed by atoms with Crippen molar-refractivity contribution in [1.82, 2.24) is 0 Å². The van der Waals surface area contributed by atoms with Gasteiger partial charge in [0.05, 0.1) is 16.3 Å². The summed E-state index contributed by atoms with van der Waals surface area (Å²) < 4.78 is 22.5. The monoisotopic (exact) mass is 274 g/mol. The molecule has 4 nitrogen and oxygen atoms in total. The standard InChI is InChI=1S/C11H11ClO4S/c1-7(13)5-11(14)9-4-3-8(6-10(9)12)17(2,15)16/h3-4,6H,5H2,1-2H3. The van der Waals surface area contributed by atoms with Crippen LogP contribution in [0.5, 0.6) is 0 Å². The summed E-state index contributed by atoms with van der Waals surface area (Å²) in [6.07, 6.45) is 0.813. The number of carbonyl (C=O) groups excluding carboxylic acids is 2. The molecule has 0 amide bonds. The van der Waals surface area contributed by atoms with Crippen LogP contribution in [0, 0.1) is 0 Å². The van der Waals surface area contributed by atoms with Gasteiger partial charge in [0.2, 0.25) is 0 Å². The molecule has 1 rings (SSSR count). The molecular weight excluding hydrogens is 264 g/mol. The highest BCUT2D eigenvalue weighted by Gasteiger charge is 2.15. The van der Waals surface area contributed by atoms with Gasteiger partial charge in [0.25, 0.3) is 0 Å². The number of benzene rings is 1. The Bertz CT molecular complexity index is 575. The van der Waals surface area contributed by atoms with E-state index in [1.54, 1.807) is 0 Å². The molecule has 0 fully saturated rings. The molecule has 17 heavy (non-hydrogen) atoms. The van der Waals surface area contributed by atoms with Crippen LogP contribution in [-0.4, -0.2) is 26.2 Å². The molecule has 0 heterocycles. The zero-order valence-electron chi connectivity index (χ0n) is 9.36. The maximum absolute atomic E-state index is 11.6. The third-order valence-electron chi connectivity index (χ3n) is 2.08. The summed E-state index contributed by atoms with van der Waals surface area (Å²) in [4.78, 5) is 22.4. The van der Waals surface area contributed by atoms with Crippen molar-refractivity contribution in [2.75, 3.05) is 6.26 Å². The molecule has 0 radical (unpaired) electrons. The fraction of sp³-hybridized carbons (Fsp3) is 0.273. The number of ketones is 2. The van der Waals surface area contributed by atoms with Crippen LogP contribution >= 0.6 is 11.6 Å². The maximum Gasteiger partial charge on any atom is 0.175 e. The van der Waals surface area contributed by atoms with Crippen molar-refractivity contribution >= 4 is 33.0 Å². The maximum atomic E-state index is 11.6. The van der Waals surface area contributed by atoms with E-state index < -0.39 is 15.6 Å². The van der Waals surface area contributed by atoms with Gasteiger partial charge >= 0.3 is 0 Å². The molecule has 0 aliphatic rings. The van der Waals surface area contributed by atoms with Crippen molar-refractivity contribution in [3.63, 3.8) is 0 Å². The average Bonchev–Trinajstić information content (AvgIpc) is 2.14. The minimum Gasteiger partial charge on any atom is -0.300 e. The summed E-state index contributed by atoms with van der Waals surface area (Å²) in [6.45, 7) is 1.30. The van der Waals surface area contributed by atoms with E-state index in [1.807, 2.05) is 0 Å². The summed E-state index contributed by atoms with van der Waals surface area (Å²) in [6, 6.07) is 3.84. The Morgan fingerprint density at radius 1 is 1.29 bits per heavy atom. The van der Waals surface area contributed by atoms with Crippen LogP contribution in [0.2, 0.25) is 5.02 Å². The fourth-order valence-corrected chi connectivity index (χ4v) is 2.27. The SMILES string of the molecule is CC(=O)CC(=O)c1ccc(S(C)(=O)=O)cc1Cl. The van der Waals surface area contributed by atoms with Crippen LogP contribution in [0.3, 0.4) is 0 Å². The van der Waals surface area contributed by atoms with Gasteiger partial charge in [-0.2, -0.15) is 0 Å². The number of hydrogen-bond donors (Lipinski definition) is 0. The van der Waals surface area contributed by atoms with E-state index >= 15 is 0 Å². The first-order valence-corrected chi connectivity index (χ1v) is 7.01. The summed E-state index contributed by atoms with van der Waals surface area (Å²) in [5.41, 5.74) is 0.161. The summed E-state index contributed by atoms with van der Waals surface area (Å²) in [5.74, 6) is -0.680. The molecule has 1 aromatic rings. The van der Waals surface area contributed by atoms with Gasteiger partial charge in [0.1, 0.15) is 5.78 Å². The van der Waals surface area contributed by atoms with Crippen molar-refractivity contribution in [3.8, 4) is 0 Å². The molecule has 0 aromatic heterocycles. The lowest BCUT2D eigenvalue weighted by atomic mass is 10.1. The summed E-state index contributed by atoms with van der Waals surface area (Å²) in [5, 5.41) is 0.0409. The van der Waals surface area contributed by atoms with Gasteiger partial charge in [-0.05, 0) is 25.1 Å². The van der Waals surface area contributed by atoms with Gasteiger partial charge < -0.3 is 0 Å². The van der Waals surface area contributed by atoms with Crippen LogP contribution in [0.4, 0.5) is 0 Å². The topological polar surface area (TPSA) is 68.3 Å². The van der Waals surface area contributed by atoms with Gasteiger partial charge in [-0.1, -0.05) is 11.6 Å². The molecular formula is C11H11ClO4S. The zero-order chi connectivity index (χ0) is 13.2. The Labute approximate surface area is 105 Å². The number of halogens is 1. The largest absolute Gasteiger partial charge is 0.300 e. The molecule has 6 heteroatoms. The normalized spacial score (nSPS) is 11.2. The quantitative estimate of drug-likeness (QED) is 0.621. The third-order valence-corrected chi connectivity index (χ3v) is 3.50. The smallest absolute Gasteiger partial charge is 0.175 e. The Balaban J connectivity index is 3.15. The average molecular weight is 275 g/mol. The van der Waals surface area contributed by atoms with E-state index in [9.17, 15) is 18.0 Å². The molecule has 92 valence electrons. The van der Waals surface area contributed by atoms with Crippen molar-refractivity contribution in [2.24, 2.45) is 0 Å². The molecule has 0 aliphatic carbocycles. The molecule has 0 saturated heterocycles. The van der Waals surface area contributed by atoms with Crippen LogP contribution in [-0.2, 0) is 14.6 Å². The predicted octanol–water partition coefficient (Wildman–Crippen LogP) is 1.91. The van der Waals surface area contributed by atoms with Crippen LogP contribution in [0.15, 0.2) is 23.1 Å². The Kier molecular flexibility index (Phi) is 4.06. The minimum absolute atomic E-state index is 0.0409. The predicted molar refractivity (Wildman–Crippen MR) is 64.2 cm³/mol. The highest BCUT2D eigenvalue weighted by Crippen LogP contribution is 2.22. The van der Waals surface area contributed by atoms with Gasteiger partial charge in [-0.25, -0.2) is 8.42 Å². The fourth-order valence-electron chi connectivity index (χ4n) is 1.27. The molecule has 0 spiro atoms. The van der Waals surface area contributed by atoms with E-state index in [4.69, 9.17) is 11.6 Å². The Hall–Kier alpha value is -1.20. The van der Waals surface area contributed by atoms with Gasteiger partial charge in [-0.15, -0.1) is 0 Å².